The average molecular weight is 589 g/mol. The highest BCUT2D eigenvalue weighted by atomic mass is 19.3. The van der Waals surface area contributed by atoms with Crippen molar-refractivity contribution >= 4 is 0 Å². The average Bonchev–Trinajstić information content (AvgIpc) is 2.91. The quantitative estimate of drug-likeness (QED) is 0.0862. The normalized spacial score (nSPS) is 11.3. The van der Waals surface area contributed by atoms with Crippen LogP contribution in [0.4, 0.5) is 35.1 Å². The summed E-state index contributed by atoms with van der Waals surface area (Å²) in [5.74, 6) is -5.85. The monoisotopic (exact) mass is 588 g/mol. The smallest absolute Gasteiger partial charge is 0.429 e. The number of aryl methyl sites for hydroxylation is 2. The van der Waals surface area contributed by atoms with E-state index in [0.717, 1.165) is 31.2 Å². The molecule has 0 saturated carbocycles. The molecule has 42 heavy (non-hydrogen) atoms. The summed E-state index contributed by atoms with van der Waals surface area (Å²) < 4.78 is 117. The molecule has 0 aliphatic rings. The van der Waals surface area contributed by atoms with Crippen LogP contribution in [0.25, 0.3) is 11.1 Å². The zero-order chi connectivity index (χ0) is 30.6. The van der Waals surface area contributed by atoms with Crippen LogP contribution < -0.4 is 4.74 Å². The Labute approximate surface area is 237 Å². The Bertz CT molecular complexity index is 1620. The molecule has 0 spiro atoms. The van der Waals surface area contributed by atoms with E-state index in [0.29, 0.717) is 28.8 Å². The maximum atomic E-state index is 15.0. The third-order valence-corrected chi connectivity index (χ3v) is 6.53. The molecule has 1 nitrogen and oxygen atoms in total. The number of benzene rings is 4. The number of halogens is 8. The maximum Gasteiger partial charge on any atom is 0.432 e. The summed E-state index contributed by atoms with van der Waals surface area (Å²) in [7, 11) is 0. The van der Waals surface area contributed by atoms with Gasteiger partial charge in [-0.2, -0.15) is 8.78 Å². The molecule has 0 saturated heterocycles. The van der Waals surface area contributed by atoms with Crippen LogP contribution in [0.5, 0.6) is 5.75 Å². The summed E-state index contributed by atoms with van der Waals surface area (Å²) in [5, 5.41) is 0. The van der Waals surface area contributed by atoms with Gasteiger partial charge in [-0.15, -0.1) is 0 Å². The SMILES string of the molecule is CCCCCc1ccc(-c2cc(C)c(C#Cc3cc(F)c(C(F)(F)Oc4cc(F)c(F)c(F)c4)c(F)c3)cc2F)cc1. The molecule has 4 rings (SSSR count). The lowest BCUT2D eigenvalue weighted by atomic mass is 9.97. The number of hydrogen-bond acceptors (Lipinski definition) is 1. The van der Waals surface area contributed by atoms with Crippen LogP contribution >= 0.6 is 0 Å². The number of unbranched alkanes of at least 4 members (excludes halogenated alkanes) is 2. The zero-order valence-electron chi connectivity index (χ0n) is 22.5. The second-order valence-electron chi connectivity index (χ2n) is 9.69. The molecule has 0 aliphatic carbocycles. The van der Waals surface area contributed by atoms with Crippen molar-refractivity contribution in [2.24, 2.45) is 0 Å². The van der Waals surface area contributed by atoms with Gasteiger partial charge in [-0.05, 0) is 60.7 Å². The molecule has 0 radical (unpaired) electrons. The van der Waals surface area contributed by atoms with Gasteiger partial charge in [-0.25, -0.2) is 26.3 Å². The van der Waals surface area contributed by atoms with Crippen molar-refractivity contribution in [1.82, 2.24) is 0 Å². The zero-order valence-corrected chi connectivity index (χ0v) is 22.5. The van der Waals surface area contributed by atoms with E-state index in [1.807, 2.05) is 24.3 Å². The lowest BCUT2D eigenvalue weighted by molar-refractivity contribution is -0.189. The van der Waals surface area contributed by atoms with E-state index in [2.05, 4.69) is 23.5 Å². The van der Waals surface area contributed by atoms with Gasteiger partial charge in [0.2, 0.25) is 0 Å². The van der Waals surface area contributed by atoms with E-state index in [-0.39, 0.29) is 23.3 Å². The molecule has 4 aromatic rings. The number of hydrogen-bond donors (Lipinski definition) is 0. The van der Waals surface area contributed by atoms with Crippen molar-refractivity contribution in [3.8, 4) is 28.7 Å². The second-order valence-corrected chi connectivity index (χ2v) is 9.69. The van der Waals surface area contributed by atoms with Gasteiger partial charge in [0.25, 0.3) is 0 Å². The molecule has 0 unspecified atom stereocenters. The van der Waals surface area contributed by atoms with Gasteiger partial charge in [0, 0.05) is 28.8 Å². The molecule has 0 fully saturated rings. The first-order chi connectivity index (χ1) is 19.9. The maximum absolute atomic E-state index is 15.0. The Balaban J connectivity index is 1.56. The van der Waals surface area contributed by atoms with Crippen molar-refractivity contribution in [2.75, 3.05) is 0 Å². The molecule has 0 N–H and O–H groups in total. The lowest BCUT2D eigenvalue weighted by Gasteiger charge is -2.19. The highest BCUT2D eigenvalue weighted by Gasteiger charge is 2.41. The van der Waals surface area contributed by atoms with E-state index < -0.39 is 52.3 Å². The Morgan fingerprint density at radius 2 is 1.33 bits per heavy atom. The van der Waals surface area contributed by atoms with Gasteiger partial charge in [-0.1, -0.05) is 55.9 Å². The minimum absolute atomic E-state index is 0.110. The summed E-state index contributed by atoms with van der Waals surface area (Å²) in [5.41, 5.74) is 0.770. The summed E-state index contributed by atoms with van der Waals surface area (Å²) in [6.07, 6.45) is -0.471. The predicted molar refractivity (Wildman–Crippen MR) is 143 cm³/mol. The van der Waals surface area contributed by atoms with Crippen molar-refractivity contribution in [1.29, 1.82) is 0 Å². The van der Waals surface area contributed by atoms with Gasteiger partial charge in [-0.3, -0.25) is 0 Å². The molecular weight excluding hydrogens is 564 g/mol. The molecule has 9 heteroatoms. The van der Waals surface area contributed by atoms with Crippen LogP contribution in [0.1, 0.15) is 54.0 Å². The largest absolute Gasteiger partial charge is 0.432 e. The summed E-state index contributed by atoms with van der Waals surface area (Å²) in [4.78, 5) is 0. The number of ether oxygens (including phenoxy) is 1. The Kier molecular flexibility index (Phi) is 9.25. The highest BCUT2D eigenvalue weighted by Crippen LogP contribution is 2.36. The van der Waals surface area contributed by atoms with E-state index in [9.17, 15) is 30.7 Å². The van der Waals surface area contributed by atoms with E-state index >= 15 is 4.39 Å². The first-order valence-corrected chi connectivity index (χ1v) is 13.0. The molecular formula is C33H24F8O. The van der Waals surface area contributed by atoms with Crippen LogP contribution in [-0.2, 0) is 12.5 Å². The standard InChI is InChI=1S/C33H24F8O/c1-3-4-5-6-20-7-10-22(11-8-20)25-13-19(2)23(16-26(25)34)12-9-21-14-27(35)31(28(36)15-21)33(40,41)42-24-17-29(37)32(39)30(38)18-24/h7-8,10-11,13-18H,3-6H2,1-2H3. The minimum atomic E-state index is -4.72. The first-order valence-electron chi connectivity index (χ1n) is 13.0. The predicted octanol–water partition coefficient (Wildman–Crippen LogP) is 9.76. The van der Waals surface area contributed by atoms with Crippen molar-refractivity contribution in [3.63, 3.8) is 0 Å². The summed E-state index contributed by atoms with van der Waals surface area (Å²) in [6.45, 7) is 3.80. The Hall–Kier alpha value is -4.32. The summed E-state index contributed by atoms with van der Waals surface area (Å²) >= 11 is 0. The fraction of sp³-hybridized carbons (Fsp3) is 0.212. The van der Waals surface area contributed by atoms with Gasteiger partial charge in [0.05, 0.1) is 0 Å². The van der Waals surface area contributed by atoms with E-state index in [1.54, 1.807) is 13.0 Å². The molecule has 0 bridgehead atoms. The third-order valence-electron chi connectivity index (χ3n) is 6.53. The van der Waals surface area contributed by atoms with E-state index in [4.69, 9.17) is 0 Å². The third kappa shape index (κ3) is 6.93. The highest BCUT2D eigenvalue weighted by molar-refractivity contribution is 5.67. The molecule has 0 atom stereocenters. The van der Waals surface area contributed by atoms with E-state index in [1.165, 1.54) is 6.07 Å². The fourth-order valence-corrected chi connectivity index (χ4v) is 4.32. The molecule has 0 aromatic heterocycles. The molecule has 0 heterocycles. The summed E-state index contributed by atoms with van der Waals surface area (Å²) in [6, 6.07) is 11.6. The van der Waals surface area contributed by atoms with Gasteiger partial charge in [0.1, 0.15) is 28.8 Å². The van der Waals surface area contributed by atoms with Crippen LogP contribution in [0.15, 0.2) is 60.7 Å². The topological polar surface area (TPSA) is 9.23 Å². The number of alkyl halides is 2. The molecule has 218 valence electrons. The van der Waals surface area contributed by atoms with Crippen LogP contribution in [-0.4, -0.2) is 0 Å². The first kappa shape index (κ1) is 30.6. The fourth-order valence-electron chi connectivity index (χ4n) is 4.32. The van der Waals surface area contributed by atoms with Gasteiger partial charge >= 0.3 is 6.11 Å². The Morgan fingerprint density at radius 3 is 1.93 bits per heavy atom. The Morgan fingerprint density at radius 1 is 0.714 bits per heavy atom. The van der Waals surface area contributed by atoms with Crippen LogP contribution in [0.2, 0.25) is 0 Å². The second kappa shape index (κ2) is 12.7. The van der Waals surface area contributed by atoms with Crippen molar-refractivity contribution < 1.29 is 39.9 Å². The minimum Gasteiger partial charge on any atom is -0.429 e. The van der Waals surface area contributed by atoms with Crippen LogP contribution in [0.3, 0.4) is 0 Å². The molecule has 0 aliphatic heterocycles. The van der Waals surface area contributed by atoms with Crippen molar-refractivity contribution in [3.05, 3.63) is 123 Å². The van der Waals surface area contributed by atoms with Crippen LogP contribution in [0, 0.1) is 53.7 Å². The van der Waals surface area contributed by atoms with Gasteiger partial charge in [0.15, 0.2) is 17.5 Å². The molecule has 4 aromatic carbocycles. The van der Waals surface area contributed by atoms with Gasteiger partial charge < -0.3 is 4.74 Å². The van der Waals surface area contributed by atoms with Crippen molar-refractivity contribution in [2.45, 2.75) is 45.6 Å². The number of rotatable bonds is 8. The molecule has 0 amide bonds. The lowest BCUT2D eigenvalue weighted by Crippen LogP contribution is -2.25.